The molecular formula is C35H54N2. The number of nitrogens with one attached hydrogen (secondary N) is 1. The molecular weight excluding hydrogens is 448 g/mol. The van der Waals surface area contributed by atoms with E-state index in [-0.39, 0.29) is 0 Å². The SMILES string of the molecule is CC1CC(NC2CC[C@@H](CN3CCC(CCCc4ccccc4)CC3)C2)CC(C)(C)C1.c1ccccc1. The van der Waals surface area contributed by atoms with Crippen molar-refractivity contribution in [2.45, 2.75) is 103 Å². The van der Waals surface area contributed by atoms with Gasteiger partial charge < -0.3 is 10.2 Å². The van der Waals surface area contributed by atoms with Crippen molar-refractivity contribution < 1.29 is 0 Å². The highest BCUT2D eigenvalue weighted by molar-refractivity contribution is 5.14. The monoisotopic (exact) mass is 502 g/mol. The molecule has 1 N–H and O–H groups in total. The smallest absolute Gasteiger partial charge is 0.00772 e. The predicted molar refractivity (Wildman–Crippen MR) is 160 cm³/mol. The van der Waals surface area contributed by atoms with Crippen LogP contribution in [0, 0.1) is 23.2 Å². The third-order valence-electron chi connectivity index (χ3n) is 9.21. The van der Waals surface area contributed by atoms with Crippen molar-refractivity contribution in [3.63, 3.8) is 0 Å². The molecule has 5 rings (SSSR count). The van der Waals surface area contributed by atoms with Crippen LogP contribution in [0.25, 0.3) is 0 Å². The maximum Gasteiger partial charge on any atom is 0.00772 e. The van der Waals surface area contributed by atoms with E-state index in [1.165, 1.54) is 95.8 Å². The highest BCUT2D eigenvalue weighted by Gasteiger charge is 2.35. The van der Waals surface area contributed by atoms with Crippen LogP contribution in [-0.2, 0) is 6.42 Å². The van der Waals surface area contributed by atoms with Gasteiger partial charge in [-0.3, -0.25) is 0 Å². The first kappa shape index (κ1) is 28.4. The zero-order chi connectivity index (χ0) is 25.9. The Morgan fingerprint density at radius 1 is 0.757 bits per heavy atom. The topological polar surface area (TPSA) is 15.3 Å². The average Bonchev–Trinajstić information content (AvgIpc) is 3.32. The van der Waals surface area contributed by atoms with Crippen molar-refractivity contribution in [1.29, 1.82) is 0 Å². The number of piperidine rings is 1. The van der Waals surface area contributed by atoms with E-state index >= 15 is 0 Å². The Hall–Kier alpha value is -1.64. The molecule has 3 fully saturated rings. The van der Waals surface area contributed by atoms with Crippen molar-refractivity contribution in [1.82, 2.24) is 10.2 Å². The number of hydrogen-bond donors (Lipinski definition) is 1. The van der Waals surface area contributed by atoms with Crippen molar-refractivity contribution in [3.8, 4) is 0 Å². The number of rotatable bonds is 8. The van der Waals surface area contributed by atoms with Crippen molar-refractivity contribution in [2.24, 2.45) is 23.2 Å². The van der Waals surface area contributed by atoms with Crippen LogP contribution in [0.2, 0.25) is 0 Å². The van der Waals surface area contributed by atoms with E-state index in [2.05, 4.69) is 61.3 Å². The average molecular weight is 503 g/mol. The Bertz CT molecular complexity index is 829. The summed E-state index contributed by atoms with van der Waals surface area (Å²) in [6.45, 7) is 11.5. The zero-order valence-corrected chi connectivity index (χ0v) is 24.1. The molecule has 0 aromatic heterocycles. The highest BCUT2D eigenvalue weighted by atomic mass is 15.1. The first-order valence-corrected chi connectivity index (χ1v) is 15.5. The summed E-state index contributed by atoms with van der Waals surface area (Å²) in [7, 11) is 0. The molecule has 1 aliphatic heterocycles. The van der Waals surface area contributed by atoms with E-state index in [0.717, 1.165) is 29.8 Å². The molecule has 2 heteroatoms. The molecule has 2 aliphatic carbocycles. The number of aryl methyl sites for hydroxylation is 1. The van der Waals surface area contributed by atoms with E-state index in [1.54, 1.807) is 0 Å². The third kappa shape index (κ3) is 10.2. The lowest BCUT2D eigenvalue weighted by atomic mass is 9.70. The molecule has 1 saturated heterocycles. The van der Waals surface area contributed by atoms with Crippen LogP contribution in [0.1, 0.15) is 90.5 Å². The minimum absolute atomic E-state index is 0.527. The molecule has 0 radical (unpaired) electrons. The van der Waals surface area contributed by atoms with Crippen molar-refractivity contribution in [2.75, 3.05) is 19.6 Å². The normalized spacial score (nSPS) is 28.4. The minimum Gasteiger partial charge on any atom is -0.311 e. The molecule has 0 amide bonds. The Morgan fingerprint density at radius 3 is 2.05 bits per heavy atom. The number of hydrogen-bond acceptors (Lipinski definition) is 2. The zero-order valence-electron chi connectivity index (χ0n) is 24.1. The van der Waals surface area contributed by atoms with Gasteiger partial charge in [0.1, 0.15) is 0 Å². The van der Waals surface area contributed by atoms with Gasteiger partial charge in [0.25, 0.3) is 0 Å². The molecule has 1 heterocycles. The molecule has 2 aromatic carbocycles. The third-order valence-corrected chi connectivity index (χ3v) is 9.21. The van der Waals surface area contributed by atoms with Crippen LogP contribution in [0.15, 0.2) is 66.7 Å². The number of likely N-dealkylation sites (tertiary alicyclic amines) is 1. The fourth-order valence-electron chi connectivity index (χ4n) is 7.65. The van der Waals surface area contributed by atoms with E-state index in [0.29, 0.717) is 5.41 Å². The molecule has 3 unspecified atom stereocenters. The lowest BCUT2D eigenvalue weighted by Crippen LogP contribution is -2.44. The lowest BCUT2D eigenvalue weighted by molar-refractivity contribution is 0.141. The van der Waals surface area contributed by atoms with Crippen LogP contribution >= 0.6 is 0 Å². The van der Waals surface area contributed by atoms with Gasteiger partial charge in [-0.05, 0) is 106 Å². The second-order valence-corrected chi connectivity index (χ2v) is 13.4. The molecule has 2 saturated carbocycles. The summed E-state index contributed by atoms with van der Waals surface area (Å²) in [5.41, 5.74) is 2.04. The molecule has 0 spiro atoms. The summed E-state index contributed by atoms with van der Waals surface area (Å²) in [4.78, 5) is 2.80. The fraction of sp³-hybridized carbons (Fsp3) is 0.657. The van der Waals surface area contributed by atoms with E-state index in [9.17, 15) is 0 Å². The largest absolute Gasteiger partial charge is 0.311 e. The Kier molecular flexibility index (Phi) is 11.1. The Morgan fingerprint density at radius 2 is 1.41 bits per heavy atom. The van der Waals surface area contributed by atoms with Crippen LogP contribution in [0.3, 0.4) is 0 Å². The second-order valence-electron chi connectivity index (χ2n) is 13.4. The first-order chi connectivity index (χ1) is 17.9. The van der Waals surface area contributed by atoms with Crippen LogP contribution in [0.4, 0.5) is 0 Å². The summed E-state index contributed by atoms with van der Waals surface area (Å²) in [5, 5.41) is 4.10. The molecule has 37 heavy (non-hydrogen) atoms. The minimum atomic E-state index is 0.527. The van der Waals surface area contributed by atoms with E-state index in [1.807, 2.05) is 36.4 Å². The van der Waals surface area contributed by atoms with Gasteiger partial charge in [-0.25, -0.2) is 0 Å². The van der Waals surface area contributed by atoms with Crippen molar-refractivity contribution >= 4 is 0 Å². The van der Waals surface area contributed by atoms with Gasteiger partial charge in [-0.15, -0.1) is 0 Å². The summed E-state index contributed by atoms with van der Waals surface area (Å²) >= 11 is 0. The second kappa shape index (κ2) is 14.5. The summed E-state index contributed by atoms with van der Waals surface area (Å²) < 4.78 is 0. The summed E-state index contributed by atoms with van der Waals surface area (Å²) in [5.74, 6) is 2.78. The lowest BCUT2D eigenvalue weighted by Gasteiger charge is -2.40. The molecule has 2 nitrogen and oxygen atoms in total. The molecule has 2 aromatic rings. The molecule has 4 atom stereocenters. The quantitative estimate of drug-likeness (QED) is 0.390. The fourth-order valence-corrected chi connectivity index (χ4v) is 7.65. The highest BCUT2D eigenvalue weighted by Crippen LogP contribution is 2.39. The maximum absolute atomic E-state index is 4.10. The van der Waals surface area contributed by atoms with E-state index < -0.39 is 0 Å². The van der Waals surface area contributed by atoms with Crippen LogP contribution < -0.4 is 5.32 Å². The van der Waals surface area contributed by atoms with Gasteiger partial charge in [0.15, 0.2) is 0 Å². The predicted octanol–water partition coefficient (Wildman–Crippen LogP) is 8.38. The van der Waals surface area contributed by atoms with E-state index in [4.69, 9.17) is 0 Å². The standard InChI is InChI=1S/C29H48N2.C6H6/c1-23-18-28(21-29(2,3)20-23)30-27-13-12-26(19-27)22-31-16-14-25(15-17-31)11-7-10-24-8-5-4-6-9-24;1-2-4-6-5-3-1/h4-6,8-9,23,25-28,30H,7,10-22H2,1-3H3;1-6H/t23?,26-,27?,28?;/m1./s1. The van der Waals surface area contributed by atoms with Gasteiger partial charge in [0.05, 0.1) is 0 Å². The number of nitrogens with zero attached hydrogens (tertiary/aromatic N) is 1. The van der Waals surface area contributed by atoms with Gasteiger partial charge in [0.2, 0.25) is 0 Å². The molecule has 3 aliphatic rings. The van der Waals surface area contributed by atoms with Gasteiger partial charge in [0, 0.05) is 18.6 Å². The van der Waals surface area contributed by atoms with Gasteiger partial charge in [-0.1, -0.05) is 93.9 Å². The Balaban J connectivity index is 0.000000469. The molecule has 0 bridgehead atoms. The van der Waals surface area contributed by atoms with Gasteiger partial charge in [-0.2, -0.15) is 0 Å². The molecule has 204 valence electrons. The van der Waals surface area contributed by atoms with Crippen LogP contribution in [-0.4, -0.2) is 36.6 Å². The Labute approximate surface area is 228 Å². The maximum atomic E-state index is 4.10. The number of benzene rings is 2. The first-order valence-electron chi connectivity index (χ1n) is 15.5. The summed E-state index contributed by atoms with van der Waals surface area (Å²) in [6, 6.07) is 24.6. The van der Waals surface area contributed by atoms with Crippen molar-refractivity contribution in [3.05, 3.63) is 72.3 Å². The van der Waals surface area contributed by atoms with Crippen LogP contribution in [0.5, 0.6) is 0 Å². The summed E-state index contributed by atoms with van der Waals surface area (Å²) in [6.07, 6.45) is 15.3. The van der Waals surface area contributed by atoms with Gasteiger partial charge >= 0.3 is 0 Å².